The number of carbonyl (C=O) groups excluding carboxylic acids is 2. The van der Waals surface area contributed by atoms with Crippen molar-refractivity contribution in [2.75, 3.05) is 5.75 Å². The SMILES string of the molecule is CCCCCCC1=CC(C)C(CS/C(SCc2ccc(CCCCCC)s2)=C2\C3=C(SC(C=O)C3)c3cc4c(cc32)-c2sc(C=O)cc2C4=C(SCc2ccc(CCCCCC)s2)SCc2ccc(CCCCCC)s2)S1. The first-order chi connectivity index (χ1) is 37.8. The molecule has 9 rings (SSSR count). The van der Waals surface area contributed by atoms with E-state index in [1.165, 1.54) is 227 Å². The van der Waals surface area contributed by atoms with Crippen LogP contribution in [0.5, 0.6) is 0 Å². The van der Waals surface area contributed by atoms with Gasteiger partial charge in [0.25, 0.3) is 0 Å². The maximum absolute atomic E-state index is 12.8. The molecule has 12 heteroatoms. The number of hydrogen-bond acceptors (Lipinski definition) is 12. The van der Waals surface area contributed by atoms with Crippen molar-refractivity contribution in [2.45, 2.75) is 197 Å². The Kier molecular flexibility index (Phi) is 23.9. The molecule has 5 aromatic rings. The molecular formula is C65H80O2S10. The van der Waals surface area contributed by atoms with Crippen LogP contribution in [0.25, 0.3) is 26.5 Å². The highest BCUT2D eigenvalue weighted by atomic mass is 32.2. The van der Waals surface area contributed by atoms with Gasteiger partial charge in [-0.15, -0.1) is 116 Å². The monoisotopic (exact) mass is 1210 g/mol. The van der Waals surface area contributed by atoms with Crippen molar-refractivity contribution >= 4 is 145 Å². The van der Waals surface area contributed by atoms with E-state index in [4.69, 9.17) is 0 Å². The van der Waals surface area contributed by atoms with Gasteiger partial charge in [0, 0.05) is 98.1 Å². The molecule has 77 heavy (non-hydrogen) atoms. The molecule has 0 spiro atoms. The predicted molar refractivity (Wildman–Crippen MR) is 357 cm³/mol. The summed E-state index contributed by atoms with van der Waals surface area (Å²) in [5.74, 6) is 4.40. The van der Waals surface area contributed by atoms with Gasteiger partial charge in [0.2, 0.25) is 0 Å². The zero-order valence-electron chi connectivity index (χ0n) is 46.2. The first kappa shape index (κ1) is 60.0. The van der Waals surface area contributed by atoms with Crippen molar-refractivity contribution in [1.82, 2.24) is 0 Å². The zero-order chi connectivity index (χ0) is 53.5. The fraction of sp³-hybridized carbons (Fsp3) is 0.508. The van der Waals surface area contributed by atoms with Crippen LogP contribution in [0.2, 0.25) is 0 Å². The highest BCUT2D eigenvalue weighted by Gasteiger charge is 2.40. The van der Waals surface area contributed by atoms with Crippen LogP contribution in [0.15, 0.2) is 79.6 Å². The molecule has 0 radical (unpaired) electrons. The maximum atomic E-state index is 12.8. The molecule has 4 aromatic heterocycles. The average Bonchev–Trinajstić information content (AvgIpc) is 4.34. The number of aldehydes is 2. The van der Waals surface area contributed by atoms with Crippen LogP contribution in [0.4, 0.5) is 0 Å². The second-order valence-electron chi connectivity index (χ2n) is 21.3. The van der Waals surface area contributed by atoms with Crippen molar-refractivity contribution in [2.24, 2.45) is 5.92 Å². The van der Waals surface area contributed by atoms with Crippen molar-refractivity contribution < 1.29 is 9.59 Å². The molecule has 2 nitrogen and oxygen atoms in total. The lowest BCUT2D eigenvalue weighted by molar-refractivity contribution is -0.107. The predicted octanol–water partition coefficient (Wildman–Crippen LogP) is 23.0. The van der Waals surface area contributed by atoms with Gasteiger partial charge in [-0.1, -0.05) is 118 Å². The van der Waals surface area contributed by atoms with E-state index >= 15 is 0 Å². The summed E-state index contributed by atoms with van der Waals surface area (Å²) in [5, 5.41) is 0.460. The number of fused-ring (bicyclic) bond motifs is 5. The van der Waals surface area contributed by atoms with Gasteiger partial charge in [-0.3, -0.25) is 4.79 Å². The van der Waals surface area contributed by atoms with Gasteiger partial charge in [-0.05, 0) is 145 Å². The van der Waals surface area contributed by atoms with E-state index in [2.05, 4.69) is 119 Å². The molecule has 0 N–H and O–H groups in total. The van der Waals surface area contributed by atoms with E-state index in [9.17, 15) is 9.59 Å². The van der Waals surface area contributed by atoms with Gasteiger partial charge < -0.3 is 4.79 Å². The largest absolute Gasteiger partial charge is 0.302 e. The smallest absolute Gasteiger partial charge is 0.160 e. The quantitative estimate of drug-likeness (QED) is 0.0292. The number of unbranched alkanes of at least 4 members (excludes halogenated alkanes) is 12. The topological polar surface area (TPSA) is 34.1 Å². The Hall–Kier alpha value is -1.58. The molecule has 3 unspecified atom stereocenters. The van der Waals surface area contributed by atoms with E-state index in [1.54, 1.807) is 28.0 Å². The van der Waals surface area contributed by atoms with E-state index in [0.29, 0.717) is 11.2 Å². The first-order valence-electron chi connectivity index (χ1n) is 29.0. The summed E-state index contributed by atoms with van der Waals surface area (Å²) in [5.41, 5.74) is 10.4. The molecule has 0 bridgehead atoms. The molecule has 0 fully saturated rings. The third-order valence-corrected chi connectivity index (χ3v) is 28.4. The minimum Gasteiger partial charge on any atom is -0.302 e. The van der Waals surface area contributed by atoms with Crippen molar-refractivity contribution in [1.29, 1.82) is 0 Å². The highest BCUT2D eigenvalue weighted by molar-refractivity contribution is 8.22. The van der Waals surface area contributed by atoms with Gasteiger partial charge in [0.15, 0.2) is 6.29 Å². The summed E-state index contributed by atoms with van der Waals surface area (Å²) in [6, 6.07) is 21.5. The Morgan fingerprint density at radius 2 is 1.01 bits per heavy atom. The van der Waals surface area contributed by atoms with Crippen molar-refractivity contribution in [3.05, 3.63) is 136 Å². The average molecular weight is 1210 g/mol. The van der Waals surface area contributed by atoms with Gasteiger partial charge in [0.1, 0.15) is 6.29 Å². The van der Waals surface area contributed by atoms with Crippen LogP contribution in [0, 0.1) is 5.92 Å². The number of hydrogen-bond donors (Lipinski definition) is 0. The molecule has 3 atom stereocenters. The summed E-state index contributed by atoms with van der Waals surface area (Å²) in [6.45, 7) is 11.6. The Morgan fingerprint density at radius 3 is 1.53 bits per heavy atom. The lowest BCUT2D eigenvalue weighted by Crippen LogP contribution is -2.11. The van der Waals surface area contributed by atoms with Crippen LogP contribution in [0.1, 0.15) is 211 Å². The summed E-state index contributed by atoms with van der Waals surface area (Å²) < 4.78 is 2.75. The Labute approximate surface area is 504 Å². The molecular weight excluding hydrogens is 1130 g/mol. The van der Waals surface area contributed by atoms with Crippen molar-refractivity contribution in [3.8, 4) is 10.4 Å². The Bertz CT molecular complexity index is 2840. The highest BCUT2D eigenvalue weighted by Crippen LogP contribution is 2.62. The minimum atomic E-state index is -0.0804. The van der Waals surface area contributed by atoms with E-state index in [1.807, 2.05) is 69.3 Å². The summed E-state index contributed by atoms with van der Waals surface area (Å²) in [6.07, 6.45) is 31.0. The summed E-state index contributed by atoms with van der Waals surface area (Å²) in [4.78, 5) is 39.4. The Balaban J connectivity index is 1.09. The zero-order valence-corrected chi connectivity index (χ0v) is 54.4. The molecule has 412 valence electrons. The van der Waals surface area contributed by atoms with Crippen molar-refractivity contribution in [3.63, 3.8) is 0 Å². The van der Waals surface area contributed by atoms with Gasteiger partial charge in [-0.25, -0.2) is 0 Å². The van der Waals surface area contributed by atoms with Crippen LogP contribution in [-0.2, 0) is 41.3 Å². The summed E-state index contributed by atoms with van der Waals surface area (Å²) in [7, 11) is 0. The molecule has 2 aliphatic carbocycles. The molecule has 6 heterocycles. The fourth-order valence-corrected chi connectivity index (χ4v) is 23.3. The van der Waals surface area contributed by atoms with Gasteiger partial charge in [0.05, 0.1) is 10.1 Å². The normalized spacial score (nSPS) is 18.1. The van der Waals surface area contributed by atoms with Crippen LogP contribution in [-0.4, -0.2) is 28.8 Å². The standard InChI is InChI=1S/C65H80O2S10/c1-6-10-14-18-22-44-26-29-48(72-44)39-68-64(69-40-49-30-27-45(73-49)23-19-15-11-7-2)60-53-35-56-54(36-55(53)62-57(60)33-51(37-66)76-62)61(58-34-52(38-67)77-63(56)58)65(70-41-50-31-28-46(74-50)24-20-16-12-8-3)71-42-59-43(5)32-47(75-59)25-21-17-13-9-4/h26-33,35-38,43,52,59H,6-25,34,39-42H2,1-5H3/b65-61-. The van der Waals surface area contributed by atoms with Crippen LogP contribution >= 0.6 is 116 Å². The second-order valence-corrected chi connectivity index (χ2v) is 33.2. The molecule has 1 aromatic carbocycles. The second kappa shape index (κ2) is 30.6. The van der Waals surface area contributed by atoms with Gasteiger partial charge >= 0.3 is 0 Å². The number of allylic oxidation sites excluding steroid dienone is 4. The third kappa shape index (κ3) is 15.8. The number of aryl methyl sites for hydroxylation is 3. The number of thioether (sulfide) groups is 6. The van der Waals surface area contributed by atoms with E-state index < -0.39 is 0 Å². The molecule has 0 amide bonds. The summed E-state index contributed by atoms with van der Waals surface area (Å²) >= 11 is 19.7. The molecule has 2 aliphatic heterocycles. The minimum absolute atomic E-state index is 0.0804. The molecule has 0 saturated carbocycles. The van der Waals surface area contributed by atoms with Gasteiger partial charge in [-0.2, -0.15) is 0 Å². The van der Waals surface area contributed by atoms with Crippen LogP contribution in [0.3, 0.4) is 0 Å². The number of carbonyl (C=O) groups is 2. The van der Waals surface area contributed by atoms with E-state index in [0.717, 1.165) is 40.6 Å². The van der Waals surface area contributed by atoms with Crippen LogP contribution < -0.4 is 0 Å². The number of rotatable bonds is 34. The first-order valence-corrected chi connectivity index (χ1v) is 38.0. The lowest BCUT2D eigenvalue weighted by Gasteiger charge is -2.20. The molecule has 4 aliphatic rings. The number of benzene rings is 1. The fourth-order valence-electron chi connectivity index (χ4n) is 10.9. The Morgan fingerprint density at radius 1 is 0.519 bits per heavy atom. The van der Waals surface area contributed by atoms with E-state index in [-0.39, 0.29) is 5.25 Å². The maximum Gasteiger partial charge on any atom is 0.160 e. The lowest BCUT2D eigenvalue weighted by atomic mass is 9.96. The third-order valence-electron chi connectivity index (χ3n) is 15.1. The number of thiophene rings is 4. The molecule has 0 saturated heterocycles.